The Morgan fingerprint density at radius 2 is 1.70 bits per heavy atom. The summed E-state index contributed by atoms with van der Waals surface area (Å²) >= 11 is 9.65. The van der Waals surface area contributed by atoms with Crippen molar-refractivity contribution in [1.29, 1.82) is 0 Å². The Morgan fingerprint density at radius 1 is 0.939 bits per heavy atom. The Balaban J connectivity index is 1.28. The van der Waals surface area contributed by atoms with Crippen molar-refractivity contribution in [1.82, 2.24) is 19.9 Å². The van der Waals surface area contributed by atoms with Crippen molar-refractivity contribution in [2.45, 2.75) is 29.9 Å². The highest BCUT2D eigenvalue weighted by Crippen LogP contribution is 2.41. The van der Waals surface area contributed by atoms with Gasteiger partial charge in [0.05, 0.1) is 11.1 Å². The van der Waals surface area contributed by atoms with Crippen LogP contribution < -0.4 is 9.80 Å². The van der Waals surface area contributed by atoms with E-state index >= 15 is 0 Å². The molecular formula is C24H23ClN6S2. The molecule has 0 unspecified atom stereocenters. The molecule has 0 bridgehead atoms. The molecule has 168 valence electrons. The Bertz CT molecular complexity index is 1270. The number of piperazine rings is 1. The fourth-order valence-electron chi connectivity index (χ4n) is 4.56. The first-order valence-electron chi connectivity index (χ1n) is 11.2. The molecule has 1 saturated heterocycles. The smallest absolute Gasteiger partial charge is 0.225 e. The van der Waals surface area contributed by atoms with Crippen molar-refractivity contribution in [3.8, 4) is 0 Å². The molecule has 33 heavy (non-hydrogen) atoms. The zero-order valence-corrected chi connectivity index (χ0v) is 20.5. The normalized spacial score (nSPS) is 15.9. The van der Waals surface area contributed by atoms with E-state index < -0.39 is 0 Å². The number of anilines is 2. The number of aromatic nitrogens is 4. The van der Waals surface area contributed by atoms with Crippen LogP contribution in [0.4, 0.5) is 11.8 Å². The molecular weight excluding hydrogens is 472 g/mol. The van der Waals surface area contributed by atoms with Crippen molar-refractivity contribution in [2.24, 2.45) is 0 Å². The lowest BCUT2D eigenvalue weighted by Crippen LogP contribution is -2.47. The molecule has 6 nitrogen and oxygen atoms in total. The Hall–Kier alpha value is -2.42. The number of hydrogen-bond donors (Lipinski definition) is 0. The summed E-state index contributed by atoms with van der Waals surface area (Å²) in [5.41, 5.74) is 1.48. The number of thioether (sulfide) groups is 1. The first kappa shape index (κ1) is 21.1. The van der Waals surface area contributed by atoms with Crippen LogP contribution in [0.5, 0.6) is 0 Å². The number of aryl methyl sites for hydroxylation is 2. The molecule has 1 aliphatic heterocycles. The fraction of sp³-hybridized carbons (Fsp3) is 0.333. The standard InChI is InChI=1S/C24H23ClN6S2/c25-16-5-7-17(8-6-16)32-15-20-28-22(21-18-3-1-4-19(18)33-23(21)29-20)30-11-13-31(14-12-30)24-26-9-2-10-27-24/h2,5-10H,1,3-4,11-15H2. The van der Waals surface area contributed by atoms with Gasteiger partial charge in [-0.3, -0.25) is 0 Å². The maximum Gasteiger partial charge on any atom is 0.225 e. The second kappa shape index (κ2) is 9.08. The van der Waals surface area contributed by atoms with Gasteiger partial charge in [0.25, 0.3) is 0 Å². The van der Waals surface area contributed by atoms with Crippen LogP contribution in [0.3, 0.4) is 0 Å². The SMILES string of the molecule is Clc1ccc(SCc2nc(N3CCN(c4ncccn4)CC3)c3c4c(sc3n2)CCC4)cc1. The third-order valence-corrected chi connectivity index (χ3v) is 8.63. The summed E-state index contributed by atoms with van der Waals surface area (Å²) in [5, 5.41) is 2.05. The van der Waals surface area contributed by atoms with E-state index in [0.717, 1.165) is 65.8 Å². The lowest BCUT2D eigenvalue weighted by molar-refractivity contribution is 0.635. The molecule has 9 heteroatoms. The fourth-order valence-corrected chi connectivity index (χ4v) is 6.72. The second-order valence-electron chi connectivity index (χ2n) is 8.27. The predicted molar refractivity (Wildman–Crippen MR) is 137 cm³/mol. The second-order valence-corrected chi connectivity index (χ2v) is 10.8. The van der Waals surface area contributed by atoms with Gasteiger partial charge in [-0.15, -0.1) is 23.1 Å². The molecule has 1 aromatic carbocycles. The zero-order valence-electron chi connectivity index (χ0n) is 18.1. The first-order valence-corrected chi connectivity index (χ1v) is 13.4. The van der Waals surface area contributed by atoms with Gasteiger partial charge in [-0.25, -0.2) is 19.9 Å². The van der Waals surface area contributed by atoms with Crippen LogP contribution in [0, 0.1) is 0 Å². The van der Waals surface area contributed by atoms with Gasteiger partial charge in [-0.1, -0.05) is 11.6 Å². The Labute approximate surface area is 206 Å². The third kappa shape index (κ3) is 4.27. The number of thiophene rings is 1. The van der Waals surface area contributed by atoms with E-state index in [-0.39, 0.29) is 0 Å². The Kier molecular flexibility index (Phi) is 5.82. The van der Waals surface area contributed by atoms with Crippen LogP contribution in [-0.4, -0.2) is 46.1 Å². The van der Waals surface area contributed by atoms with Crippen LogP contribution in [0.1, 0.15) is 22.7 Å². The van der Waals surface area contributed by atoms with Crippen molar-refractivity contribution >= 4 is 56.7 Å². The molecule has 0 atom stereocenters. The summed E-state index contributed by atoms with van der Waals surface area (Å²) in [7, 11) is 0. The maximum absolute atomic E-state index is 6.04. The molecule has 2 aliphatic rings. The highest BCUT2D eigenvalue weighted by Gasteiger charge is 2.27. The van der Waals surface area contributed by atoms with Crippen LogP contribution in [0.2, 0.25) is 5.02 Å². The van der Waals surface area contributed by atoms with E-state index in [0.29, 0.717) is 0 Å². The Morgan fingerprint density at radius 3 is 2.48 bits per heavy atom. The molecule has 4 aromatic rings. The molecule has 4 heterocycles. The number of hydrogen-bond acceptors (Lipinski definition) is 8. The van der Waals surface area contributed by atoms with Crippen LogP contribution in [0.15, 0.2) is 47.6 Å². The van der Waals surface area contributed by atoms with Gasteiger partial charge < -0.3 is 9.80 Å². The van der Waals surface area contributed by atoms with Gasteiger partial charge in [0.15, 0.2) is 0 Å². The molecule has 3 aromatic heterocycles. The van der Waals surface area contributed by atoms with E-state index in [1.54, 1.807) is 11.8 Å². The average molecular weight is 495 g/mol. The van der Waals surface area contributed by atoms with Crippen molar-refractivity contribution < 1.29 is 0 Å². The molecule has 0 N–H and O–H groups in total. The predicted octanol–water partition coefficient (Wildman–Crippen LogP) is 5.24. The van der Waals surface area contributed by atoms with Gasteiger partial charge in [-0.05, 0) is 55.2 Å². The highest BCUT2D eigenvalue weighted by atomic mass is 35.5. The minimum absolute atomic E-state index is 0.741. The number of fused-ring (bicyclic) bond motifs is 3. The van der Waals surface area contributed by atoms with E-state index in [9.17, 15) is 0 Å². The minimum atomic E-state index is 0.741. The molecule has 0 amide bonds. The van der Waals surface area contributed by atoms with E-state index in [2.05, 4.69) is 31.9 Å². The van der Waals surface area contributed by atoms with Crippen molar-refractivity contribution in [3.05, 3.63) is 64.0 Å². The summed E-state index contributed by atoms with van der Waals surface area (Å²) in [6, 6.07) is 9.82. The number of nitrogens with zero attached hydrogens (tertiary/aromatic N) is 6. The van der Waals surface area contributed by atoms with Crippen LogP contribution in [-0.2, 0) is 18.6 Å². The van der Waals surface area contributed by atoms with E-state index in [1.165, 1.54) is 33.6 Å². The summed E-state index contributed by atoms with van der Waals surface area (Å²) in [5.74, 6) is 3.55. The average Bonchev–Trinajstić information content (AvgIpc) is 3.45. The van der Waals surface area contributed by atoms with E-state index in [4.69, 9.17) is 21.6 Å². The maximum atomic E-state index is 6.04. The molecule has 0 spiro atoms. The van der Waals surface area contributed by atoms with E-state index in [1.807, 2.05) is 41.9 Å². The van der Waals surface area contributed by atoms with Gasteiger partial charge >= 0.3 is 0 Å². The van der Waals surface area contributed by atoms with Crippen LogP contribution in [0.25, 0.3) is 10.2 Å². The topological polar surface area (TPSA) is 58.0 Å². The minimum Gasteiger partial charge on any atom is -0.352 e. The quantitative estimate of drug-likeness (QED) is 0.351. The molecule has 1 fully saturated rings. The highest BCUT2D eigenvalue weighted by molar-refractivity contribution is 7.98. The third-order valence-electron chi connectivity index (χ3n) is 6.19. The first-order chi connectivity index (χ1) is 16.2. The monoisotopic (exact) mass is 494 g/mol. The largest absolute Gasteiger partial charge is 0.352 e. The number of rotatable bonds is 5. The summed E-state index contributed by atoms with van der Waals surface area (Å²) in [4.78, 5) is 27.5. The molecule has 1 aliphatic carbocycles. The van der Waals surface area contributed by atoms with Gasteiger partial charge in [0, 0.05) is 53.4 Å². The van der Waals surface area contributed by atoms with Crippen molar-refractivity contribution in [3.63, 3.8) is 0 Å². The van der Waals surface area contributed by atoms with Gasteiger partial charge in [0.2, 0.25) is 5.95 Å². The van der Waals surface area contributed by atoms with Gasteiger partial charge in [0.1, 0.15) is 16.5 Å². The zero-order chi connectivity index (χ0) is 22.2. The lowest BCUT2D eigenvalue weighted by Gasteiger charge is -2.35. The number of halogens is 1. The summed E-state index contributed by atoms with van der Waals surface area (Å²) in [6.45, 7) is 3.57. The number of benzene rings is 1. The summed E-state index contributed by atoms with van der Waals surface area (Å²) < 4.78 is 0. The van der Waals surface area contributed by atoms with Crippen molar-refractivity contribution in [2.75, 3.05) is 36.0 Å². The molecule has 0 radical (unpaired) electrons. The van der Waals surface area contributed by atoms with Gasteiger partial charge in [-0.2, -0.15) is 0 Å². The molecule has 6 rings (SSSR count). The summed E-state index contributed by atoms with van der Waals surface area (Å²) in [6.07, 6.45) is 7.17. The lowest BCUT2D eigenvalue weighted by atomic mass is 10.1. The molecule has 0 saturated carbocycles. The van der Waals surface area contributed by atoms with Crippen LogP contribution >= 0.6 is 34.7 Å².